The third-order valence-corrected chi connectivity index (χ3v) is 6.23. The number of ether oxygens (including phenoxy) is 3. The standard InChI is InChI=1S/C25H22N4O4S/c1-31-22-7-5-16(10-23(22)32-2)13-29-20(15-34-25(29)27-18-4-3-9-26-12-18)17-6-8-21-19(11-17)28-24(30)14-33-21/h3-12,15H,13-14H2,1-2H3,(H,28,30). The number of hydrogen-bond donors (Lipinski definition) is 1. The number of thiazole rings is 1. The maximum atomic E-state index is 11.8. The van der Waals surface area contributed by atoms with E-state index in [-0.39, 0.29) is 12.5 Å². The third-order valence-electron chi connectivity index (χ3n) is 5.37. The molecule has 2 aromatic heterocycles. The van der Waals surface area contributed by atoms with Crippen LogP contribution in [0.5, 0.6) is 17.2 Å². The van der Waals surface area contributed by atoms with E-state index in [2.05, 4.69) is 20.2 Å². The number of rotatable bonds is 6. The van der Waals surface area contributed by atoms with Gasteiger partial charge in [-0.15, -0.1) is 11.3 Å². The van der Waals surface area contributed by atoms with Crippen LogP contribution in [0.25, 0.3) is 11.3 Å². The van der Waals surface area contributed by atoms with Crippen molar-refractivity contribution in [2.75, 3.05) is 26.1 Å². The van der Waals surface area contributed by atoms with E-state index in [9.17, 15) is 4.79 Å². The highest BCUT2D eigenvalue weighted by atomic mass is 32.1. The van der Waals surface area contributed by atoms with Gasteiger partial charge in [-0.3, -0.25) is 9.78 Å². The minimum Gasteiger partial charge on any atom is -0.493 e. The predicted molar refractivity (Wildman–Crippen MR) is 130 cm³/mol. The number of carbonyl (C=O) groups excluding carboxylic acids is 1. The van der Waals surface area contributed by atoms with Gasteiger partial charge in [0.15, 0.2) is 22.9 Å². The molecule has 1 aliphatic heterocycles. The first-order valence-corrected chi connectivity index (χ1v) is 11.4. The van der Waals surface area contributed by atoms with Crippen LogP contribution in [0, 0.1) is 0 Å². The SMILES string of the molecule is COc1ccc(Cn2c(-c3ccc4c(c3)NC(=O)CO4)csc2=Nc2cccnc2)cc1OC. The number of anilines is 1. The van der Waals surface area contributed by atoms with Crippen LogP contribution >= 0.6 is 11.3 Å². The van der Waals surface area contributed by atoms with E-state index in [0.29, 0.717) is 29.5 Å². The molecule has 0 bridgehead atoms. The molecule has 172 valence electrons. The Bertz CT molecular complexity index is 1410. The lowest BCUT2D eigenvalue weighted by atomic mass is 10.1. The minimum atomic E-state index is -0.166. The number of fused-ring (bicyclic) bond motifs is 1. The summed E-state index contributed by atoms with van der Waals surface area (Å²) in [7, 11) is 3.24. The van der Waals surface area contributed by atoms with E-state index in [1.165, 1.54) is 11.3 Å². The molecule has 1 N–H and O–H groups in total. The third kappa shape index (κ3) is 4.38. The average molecular weight is 475 g/mol. The fourth-order valence-corrected chi connectivity index (χ4v) is 4.67. The molecule has 9 heteroatoms. The van der Waals surface area contributed by atoms with E-state index in [1.54, 1.807) is 26.6 Å². The molecule has 3 heterocycles. The summed E-state index contributed by atoms with van der Waals surface area (Å²) in [4.78, 5) is 21.6. The highest BCUT2D eigenvalue weighted by Gasteiger charge is 2.18. The number of benzene rings is 2. The van der Waals surface area contributed by atoms with Gasteiger partial charge in [-0.05, 0) is 48.0 Å². The van der Waals surface area contributed by atoms with Crippen molar-refractivity contribution >= 4 is 28.6 Å². The molecule has 0 atom stereocenters. The van der Waals surface area contributed by atoms with Gasteiger partial charge >= 0.3 is 0 Å². The van der Waals surface area contributed by atoms with Crippen LogP contribution < -0.4 is 24.3 Å². The summed E-state index contributed by atoms with van der Waals surface area (Å²) in [6, 6.07) is 15.4. The molecule has 2 aromatic carbocycles. The maximum absolute atomic E-state index is 11.8. The number of hydrogen-bond acceptors (Lipinski definition) is 7. The molecule has 0 saturated carbocycles. The first-order valence-electron chi connectivity index (χ1n) is 10.6. The van der Waals surface area contributed by atoms with Gasteiger partial charge in [0.2, 0.25) is 0 Å². The van der Waals surface area contributed by atoms with Crippen molar-refractivity contribution < 1.29 is 19.0 Å². The fraction of sp³-hybridized carbons (Fsp3) is 0.160. The number of nitrogens with one attached hydrogen (secondary N) is 1. The van der Waals surface area contributed by atoms with Crippen molar-refractivity contribution in [3.8, 4) is 28.5 Å². The molecule has 5 rings (SSSR count). The summed E-state index contributed by atoms with van der Waals surface area (Å²) < 4.78 is 18.5. The number of methoxy groups -OCH3 is 2. The van der Waals surface area contributed by atoms with Crippen molar-refractivity contribution in [1.29, 1.82) is 0 Å². The zero-order valence-corrected chi connectivity index (χ0v) is 19.5. The topological polar surface area (TPSA) is 87.0 Å². The molecule has 0 saturated heterocycles. The van der Waals surface area contributed by atoms with Gasteiger partial charge in [-0.25, -0.2) is 4.99 Å². The highest BCUT2D eigenvalue weighted by molar-refractivity contribution is 7.07. The molecule has 8 nitrogen and oxygen atoms in total. The number of carbonyl (C=O) groups is 1. The Kier molecular flexibility index (Phi) is 6.01. The summed E-state index contributed by atoms with van der Waals surface area (Å²) in [5.41, 5.74) is 4.35. The summed E-state index contributed by atoms with van der Waals surface area (Å²) in [6.45, 7) is 0.580. The Morgan fingerprint density at radius 2 is 2.03 bits per heavy atom. The molecule has 4 aromatic rings. The van der Waals surface area contributed by atoms with Crippen LogP contribution in [-0.2, 0) is 11.3 Å². The molecule has 0 radical (unpaired) electrons. The van der Waals surface area contributed by atoms with E-state index >= 15 is 0 Å². The summed E-state index contributed by atoms with van der Waals surface area (Å²) >= 11 is 1.53. The number of pyridine rings is 1. The maximum Gasteiger partial charge on any atom is 0.262 e. The first kappa shape index (κ1) is 21.7. The van der Waals surface area contributed by atoms with Gasteiger partial charge in [-0.2, -0.15) is 0 Å². The van der Waals surface area contributed by atoms with E-state index in [0.717, 1.165) is 27.3 Å². The Hall–Kier alpha value is -4.11. The summed E-state index contributed by atoms with van der Waals surface area (Å²) in [5.74, 6) is 1.83. The molecule has 0 fully saturated rings. The van der Waals surface area contributed by atoms with Crippen molar-refractivity contribution in [2.45, 2.75) is 6.54 Å². The van der Waals surface area contributed by atoms with E-state index < -0.39 is 0 Å². The van der Waals surface area contributed by atoms with Crippen LogP contribution in [0.1, 0.15) is 5.56 Å². The number of nitrogens with zero attached hydrogens (tertiary/aromatic N) is 3. The van der Waals surface area contributed by atoms with Crippen molar-refractivity contribution in [3.05, 3.63) is 76.7 Å². The number of amides is 1. The molecule has 0 aliphatic carbocycles. The zero-order valence-electron chi connectivity index (χ0n) is 18.6. The number of aromatic nitrogens is 2. The van der Waals surface area contributed by atoms with Crippen LogP contribution in [-0.4, -0.2) is 36.3 Å². The Morgan fingerprint density at radius 3 is 2.82 bits per heavy atom. The lowest BCUT2D eigenvalue weighted by Crippen LogP contribution is -2.25. The normalized spacial score (nSPS) is 13.1. The van der Waals surface area contributed by atoms with Gasteiger partial charge in [0.05, 0.1) is 44.0 Å². The average Bonchev–Trinajstić information content (AvgIpc) is 3.25. The monoisotopic (exact) mass is 474 g/mol. The highest BCUT2D eigenvalue weighted by Crippen LogP contribution is 2.34. The van der Waals surface area contributed by atoms with Gasteiger partial charge < -0.3 is 24.1 Å². The Labute approximate surface area is 200 Å². The minimum absolute atomic E-state index is 0.0260. The molecule has 1 amide bonds. The van der Waals surface area contributed by atoms with Gasteiger partial charge in [0.1, 0.15) is 5.75 Å². The summed E-state index contributed by atoms with van der Waals surface area (Å²) in [6.07, 6.45) is 3.45. The van der Waals surface area contributed by atoms with Crippen molar-refractivity contribution in [2.24, 2.45) is 4.99 Å². The lowest BCUT2D eigenvalue weighted by Gasteiger charge is -2.19. The van der Waals surface area contributed by atoms with Gasteiger partial charge in [0.25, 0.3) is 5.91 Å². The van der Waals surface area contributed by atoms with Crippen LogP contribution in [0.15, 0.2) is 71.3 Å². The predicted octanol–water partition coefficient (Wildman–Crippen LogP) is 4.24. The van der Waals surface area contributed by atoms with E-state index in [1.807, 2.05) is 48.5 Å². The molecular weight excluding hydrogens is 452 g/mol. The van der Waals surface area contributed by atoms with Gasteiger partial charge in [0, 0.05) is 17.1 Å². The molecule has 1 aliphatic rings. The zero-order chi connectivity index (χ0) is 23.5. The lowest BCUT2D eigenvalue weighted by molar-refractivity contribution is -0.118. The smallest absolute Gasteiger partial charge is 0.262 e. The van der Waals surface area contributed by atoms with Crippen molar-refractivity contribution in [1.82, 2.24) is 9.55 Å². The Morgan fingerprint density at radius 1 is 1.15 bits per heavy atom. The van der Waals surface area contributed by atoms with Gasteiger partial charge in [-0.1, -0.05) is 6.07 Å². The molecule has 34 heavy (non-hydrogen) atoms. The van der Waals surface area contributed by atoms with Crippen LogP contribution in [0.3, 0.4) is 0 Å². The fourth-order valence-electron chi connectivity index (χ4n) is 3.74. The first-order chi connectivity index (χ1) is 16.6. The second-order valence-electron chi connectivity index (χ2n) is 7.55. The van der Waals surface area contributed by atoms with Crippen LogP contribution in [0.4, 0.5) is 11.4 Å². The second-order valence-corrected chi connectivity index (χ2v) is 8.39. The Balaban J connectivity index is 1.61. The molecular formula is C25H22N4O4S. The summed E-state index contributed by atoms with van der Waals surface area (Å²) in [5, 5.41) is 4.94. The molecule has 0 unspecified atom stereocenters. The quantitative estimate of drug-likeness (QED) is 0.452. The molecule has 0 spiro atoms. The van der Waals surface area contributed by atoms with Crippen LogP contribution in [0.2, 0.25) is 0 Å². The second kappa shape index (κ2) is 9.40. The van der Waals surface area contributed by atoms with Crippen molar-refractivity contribution in [3.63, 3.8) is 0 Å². The largest absolute Gasteiger partial charge is 0.493 e. The van der Waals surface area contributed by atoms with E-state index in [4.69, 9.17) is 19.2 Å².